The first-order chi connectivity index (χ1) is 6.99. The zero-order chi connectivity index (χ0) is 11.6. The van der Waals surface area contributed by atoms with Gasteiger partial charge in [0.05, 0.1) is 15.6 Å². The van der Waals surface area contributed by atoms with Gasteiger partial charge in [-0.3, -0.25) is 10.1 Å². The highest BCUT2D eigenvalue weighted by Gasteiger charge is 2.25. The number of hydrogen-bond acceptors (Lipinski definition) is 4. The van der Waals surface area contributed by atoms with E-state index in [1.54, 1.807) is 22.6 Å². The van der Waals surface area contributed by atoms with E-state index in [0.717, 1.165) is 6.20 Å². The molecule has 1 rings (SSSR count). The van der Waals surface area contributed by atoms with Crippen molar-refractivity contribution >= 4 is 28.3 Å². The average molecular weight is 330 g/mol. The van der Waals surface area contributed by atoms with Crippen molar-refractivity contribution in [2.24, 2.45) is 0 Å². The van der Waals surface area contributed by atoms with Gasteiger partial charge in [-0.15, -0.1) is 0 Å². The quantitative estimate of drug-likeness (QED) is 0.485. The first-order valence-electron chi connectivity index (χ1n) is 3.64. The lowest BCUT2D eigenvalue weighted by Gasteiger charge is -2.07. The maximum absolute atomic E-state index is 12.4. The summed E-state index contributed by atoms with van der Waals surface area (Å²) < 4.78 is 29.4. The number of ether oxygens (including phenoxy) is 1. The van der Waals surface area contributed by atoms with Gasteiger partial charge < -0.3 is 4.74 Å². The van der Waals surface area contributed by atoms with Crippen molar-refractivity contribution in [3.63, 3.8) is 0 Å². The topological polar surface area (TPSA) is 65.3 Å². The average Bonchev–Trinajstić information content (AvgIpc) is 2.16. The van der Waals surface area contributed by atoms with Crippen LogP contribution in [0, 0.1) is 13.7 Å². The fourth-order valence-electron chi connectivity index (χ4n) is 0.951. The molecule has 0 N–H and O–H groups in total. The van der Waals surface area contributed by atoms with Crippen LogP contribution in [0.4, 0.5) is 14.5 Å². The third kappa shape index (κ3) is 2.30. The Balaban J connectivity index is 3.39. The third-order valence-electron chi connectivity index (χ3n) is 1.59. The first kappa shape index (κ1) is 12.0. The Morgan fingerprint density at radius 2 is 2.27 bits per heavy atom. The van der Waals surface area contributed by atoms with Crippen molar-refractivity contribution in [3.05, 3.63) is 25.6 Å². The second kappa shape index (κ2) is 4.64. The molecular formula is C7H5F2IN2O3. The molecule has 0 radical (unpaired) electrons. The van der Waals surface area contributed by atoms with Gasteiger partial charge in [0.1, 0.15) is 11.9 Å². The van der Waals surface area contributed by atoms with E-state index in [9.17, 15) is 18.9 Å². The molecule has 15 heavy (non-hydrogen) atoms. The third-order valence-corrected chi connectivity index (χ3v) is 2.63. The summed E-state index contributed by atoms with van der Waals surface area (Å²) in [6, 6.07) is 0. The number of nitro groups is 1. The number of pyridine rings is 1. The van der Waals surface area contributed by atoms with E-state index in [-0.39, 0.29) is 9.32 Å². The lowest BCUT2D eigenvalue weighted by molar-refractivity contribution is -0.386. The predicted molar refractivity (Wildman–Crippen MR) is 55.1 cm³/mol. The van der Waals surface area contributed by atoms with Crippen LogP contribution in [0.5, 0.6) is 5.75 Å². The van der Waals surface area contributed by atoms with Crippen LogP contribution >= 0.6 is 22.6 Å². The van der Waals surface area contributed by atoms with E-state index in [0.29, 0.717) is 0 Å². The van der Waals surface area contributed by atoms with Crippen molar-refractivity contribution in [2.75, 3.05) is 7.11 Å². The van der Waals surface area contributed by atoms with Crippen LogP contribution < -0.4 is 4.74 Å². The molecule has 0 saturated carbocycles. The lowest BCUT2D eigenvalue weighted by atomic mass is 10.3. The summed E-state index contributed by atoms with van der Waals surface area (Å²) in [5, 5.41) is 10.5. The maximum Gasteiger partial charge on any atom is 0.330 e. The van der Waals surface area contributed by atoms with Gasteiger partial charge in [0, 0.05) is 0 Å². The van der Waals surface area contributed by atoms with Crippen LogP contribution in [0.25, 0.3) is 0 Å². The highest BCUT2D eigenvalue weighted by molar-refractivity contribution is 14.1. The molecule has 5 nitrogen and oxygen atoms in total. The van der Waals surface area contributed by atoms with Gasteiger partial charge in [-0.25, -0.2) is 13.8 Å². The van der Waals surface area contributed by atoms with Crippen molar-refractivity contribution in [1.29, 1.82) is 0 Å². The molecular weight excluding hydrogens is 325 g/mol. The van der Waals surface area contributed by atoms with Gasteiger partial charge in [-0.1, -0.05) is 0 Å². The second-order valence-corrected chi connectivity index (χ2v) is 3.51. The van der Waals surface area contributed by atoms with E-state index in [4.69, 9.17) is 4.74 Å². The number of aromatic nitrogens is 1. The molecule has 0 spiro atoms. The highest BCUT2D eigenvalue weighted by atomic mass is 127. The van der Waals surface area contributed by atoms with Crippen LogP contribution in [-0.4, -0.2) is 17.0 Å². The highest BCUT2D eigenvalue weighted by Crippen LogP contribution is 2.35. The standard InChI is InChI=1S/C7H5F2IN2O3/c1-15-6-3(12(13)14)2-11-5(4(6)10)7(8)9/h2,7H,1H3. The molecule has 0 fully saturated rings. The molecule has 1 aromatic heterocycles. The zero-order valence-electron chi connectivity index (χ0n) is 7.41. The molecule has 0 aliphatic carbocycles. The molecule has 0 amide bonds. The fraction of sp³-hybridized carbons (Fsp3) is 0.286. The van der Waals surface area contributed by atoms with Gasteiger partial charge in [-0.2, -0.15) is 0 Å². The van der Waals surface area contributed by atoms with Crippen LogP contribution in [0.3, 0.4) is 0 Å². The largest absolute Gasteiger partial charge is 0.489 e. The van der Waals surface area contributed by atoms with Crippen molar-refractivity contribution in [1.82, 2.24) is 4.98 Å². The van der Waals surface area contributed by atoms with Crippen LogP contribution in [-0.2, 0) is 0 Å². The number of halogens is 3. The number of rotatable bonds is 3. The van der Waals surface area contributed by atoms with Crippen molar-refractivity contribution in [2.45, 2.75) is 6.43 Å². The Hall–Kier alpha value is -1.06. The first-order valence-corrected chi connectivity index (χ1v) is 4.71. The maximum atomic E-state index is 12.4. The predicted octanol–water partition coefficient (Wildman–Crippen LogP) is 2.54. The normalized spacial score (nSPS) is 10.5. The van der Waals surface area contributed by atoms with Gasteiger partial charge in [-0.05, 0) is 22.6 Å². The summed E-state index contributed by atoms with van der Waals surface area (Å²) in [5.41, 5.74) is -0.940. The minimum atomic E-state index is -2.79. The minimum Gasteiger partial charge on any atom is -0.489 e. The van der Waals surface area contributed by atoms with Gasteiger partial charge in [0.2, 0.25) is 5.75 Å². The molecule has 0 aromatic carbocycles. The van der Waals surface area contributed by atoms with E-state index in [2.05, 4.69) is 4.98 Å². The Morgan fingerprint density at radius 3 is 2.67 bits per heavy atom. The Labute approximate surface area is 96.7 Å². The van der Waals surface area contributed by atoms with Crippen LogP contribution in [0.1, 0.15) is 12.1 Å². The van der Waals surface area contributed by atoms with E-state index < -0.39 is 22.7 Å². The second-order valence-electron chi connectivity index (χ2n) is 2.43. The van der Waals surface area contributed by atoms with Crippen LogP contribution in [0.15, 0.2) is 6.20 Å². The molecule has 0 atom stereocenters. The lowest BCUT2D eigenvalue weighted by Crippen LogP contribution is -2.02. The molecule has 0 saturated heterocycles. The zero-order valence-corrected chi connectivity index (χ0v) is 9.57. The SMILES string of the molecule is COc1c([N+](=O)[O-])cnc(C(F)F)c1I. The number of nitrogens with zero attached hydrogens (tertiary/aromatic N) is 2. The Kier molecular flexibility index (Phi) is 3.72. The summed E-state index contributed by atoms with van der Waals surface area (Å²) in [4.78, 5) is 13.1. The van der Waals surface area contributed by atoms with Gasteiger partial charge in [0.25, 0.3) is 6.43 Å². The number of methoxy groups -OCH3 is 1. The van der Waals surface area contributed by atoms with Gasteiger partial charge >= 0.3 is 5.69 Å². The summed E-state index contributed by atoms with van der Waals surface area (Å²) in [7, 11) is 1.18. The summed E-state index contributed by atoms with van der Waals surface area (Å²) >= 11 is 1.54. The van der Waals surface area contributed by atoms with Crippen molar-refractivity contribution < 1.29 is 18.4 Å². The molecule has 0 unspecified atom stereocenters. The molecule has 8 heteroatoms. The van der Waals surface area contributed by atoms with Crippen molar-refractivity contribution in [3.8, 4) is 5.75 Å². The van der Waals surface area contributed by atoms with Gasteiger partial charge in [0.15, 0.2) is 0 Å². The monoisotopic (exact) mass is 330 g/mol. The molecule has 0 bridgehead atoms. The van der Waals surface area contributed by atoms with Crippen LogP contribution in [0.2, 0.25) is 0 Å². The molecule has 1 aromatic rings. The summed E-state index contributed by atoms with van der Waals surface area (Å²) in [6.07, 6.45) is -2.02. The molecule has 0 aliphatic rings. The minimum absolute atomic E-state index is 0.0423. The number of alkyl halides is 2. The Bertz CT molecular complexity index is 400. The van der Waals surface area contributed by atoms with E-state index in [1.807, 2.05) is 0 Å². The molecule has 0 aliphatic heterocycles. The smallest absolute Gasteiger partial charge is 0.330 e. The Morgan fingerprint density at radius 1 is 1.67 bits per heavy atom. The summed E-state index contributed by atoms with van der Waals surface area (Å²) in [5.74, 6) is -0.189. The van der Waals surface area contributed by atoms with E-state index >= 15 is 0 Å². The fourth-order valence-corrected chi connectivity index (χ4v) is 1.82. The molecule has 82 valence electrons. The number of hydrogen-bond donors (Lipinski definition) is 0. The summed E-state index contributed by atoms with van der Waals surface area (Å²) in [6.45, 7) is 0. The van der Waals surface area contributed by atoms with E-state index in [1.165, 1.54) is 7.11 Å². The molecule has 1 heterocycles.